The van der Waals surface area contributed by atoms with E-state index in [0.717, 1.165) is 23.7 Å². The average molecular weight is 292 g/mol. The maximum Gasteiger partial charge on any atom is 0.406 e. The van der Waals surface area contributed by atoms with Gasteiger partial charge in [-0.2, -0.15) is 23.1 Å². The number of rotatable bonds is 3. The second kappa shape index (κ2) is 4.22. The highest BCUT2D eigenvalue weighted by Crippen LogP contribution is 2.29. The molecule has 3 rings (SSSR count). The number of anilines is 1. The molecule has 0 radical (unpaired) electrons. The zero-order valence-electron chi connectivity index (χ0n) is 9.58. The summed E-state index contributed by atoms with van der Waals surface area (Å²) in [6.45, 7) is -1.15. The lowest BCUT2D eigenvalue weighted by Crippen LogP contribution is -2.17. The van der Waals surface area contributed by atoms with Crippen LogP contribution in [0.1, 0.15) is 12.8 Å². The van der Waals surface area contributed by atoms with E-state index in [1.54, 1.807) is 0 Å². The fourth-order valence-electron chi connectivity index (χ4n) is 1.75. The zero-order chi connectivity index (χ0) is 13.6. The number of hydrogen-bond donors (Lipinski definition) is 1. The largest absolute Gasteiger partial charge is 0.406 e. The van der Waals surface area contributed by atoms with E-state index < -0.39 is 12.7 Å². The van der Waals surface area contributed by atoms with E-state index in [1.807, 2.05) is 0 Å². The Bertz CT molecular complexity index is 619. The van der Waals surface area contributed by atoms with Gasteiger partial charge < -0.3 is 9.88 Å². The molecule has 0 atom stereocenters. The molecule has 1 aliphatic carbocycles. The van der Waals surface area contributed by atoms with Crippen molar-refractivity contribution in [1.29, 1.82) is 0 Å². The van der Waals surface area contributed by atoms with Crippen LogP contribution in [0.25, 0.3) is 11.2 Å². The second-order valence-corrected chi connectivity index (χ2v) is 4.76. The Hall–Kier alpha value is -1.57. The first kappa shape index (κ1) is 12.5. The molecule has 0 saturated heterocycles. The van der Waals surface area contributed by atoms with Gasteiger partial charge in [0, 0.05) is 6.04 Å². The molecule has 0 spiro atoms. The summed E-state index contributed by atoms with van der Waals surface area (Å²) in [5.74, 6) is 0.387. The van der Waals surface area contributed by atoms with Crippen LogP contribution in [0.15, 0.2) is 6.33 Å². The third-order valence-corrected chi connectivity index (χ3v) is 2.87. The Balaban J connectivity index is 2.03. The van der Waals surface area contributed by atoms with Crippen molar-refractivity contribution in [3.05, 3.63) is 11.6 Å². The van der Waals surface area contributed by atoms with Gasteiger partial charge in [0.2, 0.25) is 5.28 Å². The van der Waals surface area contributed by atoms with E-state index in [4.69, 9.17) is 11.6 Å². The summed E-state index contributed by atoms with van der Waals surface area (Å²) in [5.41, 5.74) is 0.390. The number of nitrogens with zero attached hydrogens (tertiary/aromatic N) is 4. The van der Waals surface area contributed by atoms with E-state index >= 15 is 0 Å². The van der Waals surface area contributed by atoms with Gasteiger partial charge in [-0.05, 0) is 24.4 Å². The SMILES string of the molecule is FC(F)(F)Cn1cnc2c(NC3CC3)nc(Cl)nc21. The highest BCUT2D eigenvalue weighted by Gasteiger charge is 2.30. The van der Waals surface area contributed by atoms with E-state index in [0.29, 0.717) is 17.4 Å². The summed E-state index contributed by atoms with van der Waals surface area (Å²) in [4.78, 5) is 11.7. The summed E-state index contributed by atoms with van der Waals surface area (Å²) >= 11 is 5.74. The lowest BCUT2D eigenvalue weighted by atomic mass is 10.4. The van der Waals surface area contributed by atoms with Crippen molar-refractivity contribution in [2.75, 3.05) is 5.32 Å². The number of hydrogen-bond acceptors (Lipinski definition) is 4. The summed E-state index contributed by atoms with van der Waals surface area (Å²) in [5, 5.41) is 2.99. The van der Waals surface area contributed by atoms with E-state index in [9.17, 15) is 13.2 Å². The van der Waals surface area contributed by atoms with Crippen LogP contribution >= 0.6 is 11.6 Å². The number of halogens is 4. The molecule has 0 amide bonds. The zero-order valence-corrected chi connectivity index (χ0v) is 10.3. The molecule has 2 aromatic heterocycles. The Morgan fingerprint density at radius 1 is 1.37 bits per heavy atom. The fraction of sp³-hybridized carbons (Fsp3) is 0.500. The van der Waals surface area contributed by atoms with Crippen molar-refractivity contribution in [1.82, 2.24) is 19.5 Å². The maximum absolute atomic E-state index is 12.4. The molecule has 1 saturated carbocycles. The third-order valence-electron chi connectivity index (χ3n) is 2.70. The Morgan fingerprint density at radius 2 is 2.11 bits per heavy atom. The van der Waals surface area contributed by atoms with E-state index in [2.05, 4.69) is 20.3 Å². The van der Waals surface area contributed by atoms with Gasteiger partial charge in [-0.1, -0.05) is 0 Å². The van der Waals surface area contributed by atoms with Crippen molar-refractivity contribution in [2.45, 2.75) is 31.6 Å². The van der Waals surface area contributed by atoms with Crippen molar-refractivity contribution in [3.63, 3.8) is 0 Å². The number of nitrogens with one attached hydrogen (secondary N) is 1. The molecule has 1 N–H and O–H groups in total. The Morgan fingerprint density at radius 3 is 2.74 bits per heavy atom. The lowest BCUT2D eigenvalue weighted by molar-refractivity contribution is -0.140. The molecule has 19 heavy (non-hydrogen) atoms. The fourth-order valence-corrected chi connectivity index (χ4v) is 1.91. The van der Waals surface area contributed by atoms with Gasteiger partial charge in [-0.3, -0.25) is 0 Å². The van der Waals surface area contributed by atoms with Crippen LogP contribution in [-0.2, 0) is 6.54 Å². The highest BCUT2D eigenvalue weighted by molar-refractivity contribution is 6.28. The van der Waals surface area contributed by atoms with Gasteiger partial charge in [-0.15, -0.1) is 0 Å². The van der Waals surface area contributed by atoms with Crippen LogP contribution in [0.3, 0.4) is 0 Å². The standard InChI is InChI=1S/C10H9ClF3N5/c11-9-17-7(16-5-1-2-5)6-8(18-9)19(4-15-6)3-10(12,13)14/h4-5H,1-3H2,(H,16,17,18). The molecule has 2 aromatic rings. The predicted octanol–water partition coefficient (Wildman–Crippen LogP) is 2.62. The van der Waals surface area contributed by atoms with Crippen LogP contribution in [0.5, 0.6) is 0 Å². The van der Waals surface area contributed by atoms with Gasteiger partial charge >= 0.3 is 6.18 Å². The van der Waals surface area contributed by atoms with Crippen LogP contribution in [0.2, 0.25) is 5.28 Å². The lowest BCUT2D eigenvalue weighted by Gasteiger charge is -2.08. The van der Waals surface area contributed by atoms with Crippen LogP contribution in [-0.4, -0.2) is 31.7 Å². The summed E-state index contributed by atoms with van der Waals surface area (Å²) in [7, 11) is 0. The molecule has 0 bridgehead atoms. The topological polar surface area (TPSA) is 55.6 Å². The Labute approximate surface area is 110 Å². The van der Waals surface area contributed by atoms with Gasteiger partial charge in [0.05, 0.1) is 6.33 Å². The van der Waals surface area contributed by atoms with Gasteiger partial charge in [0.25, 0.3) is 0 Å². The predicted molar refractivity (Wildman–Crippen MR) is 63.0 cm³/mol. The summed E-state index contributed by atoms with van der Waals surface area (Å²) in [6.07, 6.45) is -1.23. The van der Waals surface area contributed by atoms with Gasteiger partial charge in [0.15, 0.2) is 17.0 Å². The van der Waals surface area contributed by atoms with E-state index in [-0.39, 0.29) is 10.9 Å². The molecule has 0 aromatic carbocycles. The number of alkyl halides is 3. The molecule has 5 nitrogen and oxygen atoms in total. The average Bonchev–Trinajstić information content (AvgIpc) is 3.00. The van der Waals surface area contributed by atoms with Crippen LogP contribution < -0.4 is 5.32 Å². The minimum Gasteiger partial charge on any atom is -0.365 e. The monoisotopic (exact) mass is 291 g/mol. The van der Waals surface area contributed by atoms with Crippen molar-refractivity contribution in [3.8, 4) is 0 Å². The molecule has 2 heterocycles. The third kappa shape index (κ3) is 2.73. The molecule has 1 aliphatic rings. The first-order valence-corrected chi connectivity index (χ1v) is 6.02. The van der Waals surface area contributed by atoms with Crippen molar-refractivity contribution >= 4 is 28.6 Å². The minimum absolute atomic E-state index is 0.0838. The smallest absolute Gasteiger partial charge is 0.365 e. The minimum atomic E-state index is -4.34. The molecule has 9 heteroatoms. The quantitative estimate of drug-likeness (QED) is 0.883. The van der Waals surface area contributed by atoms with Crippen molar-refractivity contribution < 1.29 is 13.2 Å². The number of fused-ring (bicyclic) bond motifs is 1. The maximum atomic E-state index is 12.4. The Kier molecular flexibility index (Phi) is 2.77. The van der Waals surface area contributed by atoms with Crippen LogP contribution in [0.4, 0.5) is 19.0 Å². The highest BCUT2D eigenvalue weighted by atomic mass is 35.5. The molecule has 102 valence electrons. The van der Waals surface area contributed by atoms with Gasteiger partial charge in [-0.25, -0.2) is 4.98 Å². The second-order valence-electron chi connectivity index (χ2n) is 4.42. The summed E-state index contributed by atoms with van der Waals surface area (Å²) < 4.78 is 38.2. The van der Waals surface area contributed by atoms with Crippen LogP contribution in [0, 0.1) is 0 Å². The molecule has 0 aliphatic heterocycles. The van der Waals surface area contributed by atoms with Crippen molar-refractivity contribution in [2.24, 2.45) is 0 Å². The molecular weight excluding hydrogens is 283 g/mol. The first-order chi connectivity index (χ1) is 8.92. The molecule has 0 unspecified atom stereocenters. The number of imidazole rings is 1. The molecular formula is C10H9ClF3N5. The van der Waals surface area contributed by atoms with E-state index in [1.165, 1.54) is 0 Å². The first-order valence-electron chi connectivity index (χ1n) is 5.64. The number of aromatic nitrogens is 4. The van der Waals surface area contributed by atoms with Gasteiger partial charge in [0.1, 0.15) is 6.54 Å². The molecule has 1 fully saturated rings. The normalized spacial score (nSPS) is 16.0. The summed E-state index contributed by atoms with van der Waals surface area (Å²) in [6, 6.07) is 0.293.